The van der Waals surface area contributed by atoms with Gasteiger partial charge in [-0.3, -0.25) is 9.59 Å². The highest BCUT2D eigenvalue weighted by Gasteiger charge is 2.38. The molecular weight excluding hydrogens is 604 g/mol. The Balaban J connectivity index is 1.68. The molecule has 1 fully saturated rings. The first kappa shape index (κ1) is 35.5. The number of halogens is 2. The number of benzene rings is 3. The number of carbonyl (C=O) groups excluding carboxylic acids is 2. The molecular formula is C36H45F2N5O4. The molecule has 3 atom stereocenters. The van der Waals surface area contributed by atoms with E-state index in [1.165, 1.54) is 17.0 Å². The fourth-order valence-electron chi connectivity index (χ4n) is 6.25. The van der Waals surface area contributed by atoms with Gasteiger partial charge in [-0.1, -0.05) is 50.2 Å². The van der Waals surface area contributed by atoms with E-state index in [9.17, 15) is 28.3 Å². The van der Waals surface area contributed by atoms with Crippen LogP contribution in [0.4, 0.5) is 13.6 Å². The maximum atomic E-state index is 14.3. The first-order chi connectivity index (χ1) is 22.7. The lowest BCUT2D eigenvalue weighted by Gasteiger charge is -2.42. The van der Waals surface area contributed by atoms with Crippen molar-refractivity contribution in [2.45, 2.75) is 51.7 Å². The molecule has 252 valence electrons. The molecule has 0 aromatic heterocycles. The van der Waals surface area contributed by atoms with E-state index >= 15 is 0 Å². The van der Waals surface area contributed by atoms with E-state index in [4.69, 9.17) is 0 Å². The van der Waals surface area contributed by atoms with Gasteiger partial charge in [-0.2, -0.15) is 0 Å². The topological polar surface area (TPSA) is 114 Å². The van der Waals surface area contributed by atoms with Crippen LogP contribution in [-0.4, -0.2) is 84.2 Å². The molecule has 0 aliphatic carbocycles. The summed E-state index contributed by atoms with van der Waals surface area (Å²) in [6.07, 6.45) is 0.567. The quantitative estimate of drug-likeness (QED) is 0.186. The maximum Gasteiger partial charge on any atom is 0.407 e. The summed E-state index contributed by atoms with van der Waals surface area (Å²) in [7, 11) is 0. The Morgan fingerprint density at radius 1 is 0.936 bits per heavy atom. The molecule has 0 spiro atoms. The van der Waals surface area contributed by atoms with Gasteiger partial charge in [0.25, 0.3) is 11.8 Å². The summed E-state index contributed by atoms with van der Waals surface area (Å²) in [5.74, 6) is -2.64. The van der Waals surface area contributed by atoms with Crippen LogP contribution in [0.3, 0.4) is 0 Å². The summed E-state index contributed by atoms with van der Waals surface area (Å²) in [4.78, 5) is 42.8. The van der Waals surface area contributed by atoms with Crippen LogP contribution in [0.25, 0.3) is 0 Å². The van der Waals surface area contributed by atoms with E-state index in [1.807, 2.05) is 44.2 Å². The summed E-state index contributed by atoms with van der Waals surface area (Å²) in [6, 6.07) is 18.2. The highest BCUT2D eigenvalue weighted by molar-refractivity contribution is 5.99. The molecule has 1 heterocycles. The SMILES string of the molecule is CCCN(CCC)C(=O)c1cccc(C(=O)NC(Cc2cc(F)cc(F)c2)C(CNCc2ccccc2)C2CNCCN2C(=O)O)c1. The van der Waals surface area contributed by atoms with E-state index in [2.05, 4.69) is 16.0 Å². The fraction of sp³-hybridized carbons (Fsp3) is 0.417. The first-order valence-corrected chi connectivity index (χ1v) is 16.3. The Labute approximate surface area is 275 Å². The molecule has 4 N–H and O–H groups in total. The number of amides is 3. The summed E-state index contributed by atoms with van der Waals surface area (Å²) < 4.78 is 28.7. The Hall–Kier alpha value is -4.35. The molecule has 4 rings (SSSR count). The van der Waals surface area contributed by atoms with Crippen molar-refractivity contribution in [2.75, 3.05) is 39.3 Å². The Morgan fingerprint density at radius 2 is 1.62 bits per heavy atom. The van der Waals surface area contributed by atoms with Crippen LogP contribution in [0.5, 0.6) is 0 Å². The van der Waals surface area contributed by atoms with Crippen molar-refractivity contribution in [3.8, 4) is 0 Å². The molecule has 9 nitrogen and oxygen atoms in total. The van der Waals surface area contributed by atoms with Crippen molar-refractivity contribution in [1.82, 2.24) is 25.8 Å². The first-order valence-electron chi connectivity index (χ1n) is 16.3. The summed E-state index contributed by atoms with van der Waals surface area (Å²) in [6.45, 7) is 7.07. The average Bonchev–Trinajstić information content (AvgIpc) is 3.06. The van der Waals surface area contributed by atoms with Gasteiger partial charge in [0.15, 0.2) is 0 Å². The number of rotatable bonds is 15. The molecule has 11 heteroatoms. The second kappa shape index (κ2) is 17.5. The maximum absolute atomic E-state index is 14.3. The van der Waals surface area contributed by atoms with Gasteiger partial charge in [-0.05, 0) is 60.7 Å². The third kappa shape index (κ3) is 10.1. The van der Waals surface area contributed by atoms with E-state index in [-0.39, 0.29) is 24.4 Å². The lowest BCUT2D eigenvalue weighted by molar-refractivity contribution is 0.0726. The largest absolute Gasteiger partial charge is 0.465 e. The van der Waals surface area contributed by atoms with Gasteiger partial charge in [0.2, 0.25) is 0 Å². The minimum atomic E-state index is -1.08. The van der Waals surface area contributed by atoms with Crippen LogP contribution in [0.1, 0.15) is 58.5 Å². The molecule has 1 aliphatic heterocycles. The van der Waals surface area contributed by atoms with Gasteiger partial charge in [-0.25, -0.2) is 13.6 Å². The number of piperazine rings is 1. The zero-order chi connectivity index (χ0) is 33.8. The van der Waals surface area contributed by atoms with E-state index < -0.39 is 41.6 Å². The van der Waals surface area contributed by atoms with Crippen LogP contribution >= 0.6 is 0 Å². The number of nitrogens with one attached hydrogen (secondary N) is 3. The van der Waals surface area contributed by atoms with Gasteiger partial charge >= 0.3 is 6.09 Å². The number of hydrogen-bond donors (Lipinski definition) is 4. The molecule has 0 radical (unpaired) electrons. The van der Waals surface area contributed by atoms with Gasteiger partial charge in [0, 0.05) is 75.0 Å². The van der Waals surface area contributed by atoms with Crippen LogP contribution in [0, 0.1) is 17.6 Å². The average molecular weight is 650 g/mol. The summed E-state index contributed by atoms with van der Waals surface area (Å²) in [5, 5.41) is 19.9. The van der Waals surface area contributed by atoms with Crippen LogP contribution in [0.15, 0.2) is 72.8 Å². The molecule has 1 aliphatic rings. The number of nitrogens with zero attached hydrogens (tertiary/aromatic N) is 2. The standard InChI is InChI=1S/C36H45F2N5O4/c1-3-14-42(15-4-2)35(45)28-12-8-11-27(20-28)34(44)41-32(19-26-17-29(37)21-30(38)18-26)31(23-40-22-25-9-6-5-7-10-25)33-24-39-13-16-43(33)36(46)47/h5-12,17-18,20-21,31-33,39-40H,3-4,13-16,19,22-24H2,1-2H3,(H,41,44)(H,46,47). The van der Waals surface area contributed by atoms with Crippen molar-refractivity contribution >= 4 is 17.9 Å². The monoisotopic (exact) mass is 649 g/mol. The predicted molar refractivity (Wildman–Crippen MR) is 177 cm³/mol. The van der Waals surface area contributed by atoms with Gasteiger partial charge in [0.05, 0.1) is 6.04 Å². The van der Waals surface area contributed by atoms with Crippen molar-refractivity contribution in [3.05, 3.63) is 107 Å². The molecule has 0 saturated carbocycles. The van der Waals surface area contributed by atoms with Crippen LogP contribution in [0.2, 0.25) is 0 Å². The lowest BCUT2D eigenvalue weighted by atomic mass is 9.85. The molecule has 3 amide bonds. The molecule has 3 aromatic rings. The van der Waals surface area contributed by atoms with E-state index in [0.717, 1.165) is 24.5 Å². The molecule has 47 heavy (non-hydrogen) atoms. The van der Waals surface area contributed by atoms with Crippen molar-refractivity contribution in [1.29, 1.82) is 0 Å². The highest BCUT2D eigenvalue weighted by atomic mass is 19.1. The van der Waals surface area contributed by atoms with Gasteiger partial charge < -0.3 is 30.9 Å². The number of carbonyl (C=O) groups is 3. The minimum absolute atomic E-state index is 0.0431. The van der Waals surface area contributed by atoms with Crippen LogP contribution in [-0.2, 0) is 13.0 Å². The van der Waals surface area contributed by atoms with Gasteiger partial charge in [0.1, 0.15) is 11.6 Å². The molecule has 1 saturated heterocycles. The number of carboxylic acid groups (broad SMARTS) is 1. The number of hydrogen-bond acceptors (Lipinski definition) is 5. The predicted octanol–water partition coefficient (Wildman–Crippen LogP) is 4.93. The second-order valence-corrected chi connectivity index (χ2v) is 12.0. The van der Waals surface area contributed by atoms with Crippen molar-refractivity contribution in [3.63, 3.8) is 0 Å². The van der Waals surface area contributed by atoms with E-state index in [1.54, 1.807) is 29.2 Å². The minimum Gasteiger partial charge on any atom is -0.465 e. The Bertz CT molecular complexity index is 1460. The van der Waals surface area contributed by atoms with Gasteiger partial charge in [-0.15, -0.1) is 0 Å². The third-order valence-electron chi connectivity index (χ3n) is 8.43. The summed E-state index contributed by atoms with van der Waals surface area (Å²) >= 11 is 0. The van der Waals surface area contributed by atoms with Crippen molar-refractivity contribution in [2.24, 2.45) is 5.92 Å². The molecule has 0 bridgehead atoms. The third-order valence-corrected chi connectivity index (χ3v) is 8.43. The Morgan fingerprint density at radius 3 is 2.28 bits per heavy atom. The van der Waals surface area contributed by atoms with Crippen LogP contribution < -0.4 is 16.0 Å². The second-order valence-electron chi connectivity index (χ2n) is 12.0. The lowest BCUT2D eigenvalue weighted by Crippen LogP contribution is -2.62. The fourth-order valence-corrected chi connectivity index (χ4v) is 6.25. The smallest absolute Gasteiger partial charge is 0.407 e. The zero-order valence-electron chi connectivity index (χ0n) is 27.1. The zero-order valence-corrected chi connectivity index (χ0v) is 27.1. The normalized spacial score (nSPS) is 15.9. The summed E-state index contributed by atoms with van der Waals surface area (Å²) in [5.41, 5.74) is 1.99. The molecule has 3 unspecified atom stereocenters. The molecule has 3 aromatic carbocycles. The Kier molecular flexibility index (Phi) is 13.2. The highest BCUT2D eigenvalue weighted by Crippen LogP contribution is 2.23. The van der Waals surface area contributed by atoms with E-state index in [0.29, 0.717) is 50.4 Å². The van der Waals surface area contributed by atoms with Crippen molar-refractivity contribution < 1.29 is 28.3 Å².